The maximum absolute atomic E-state index is 13.1. The van der Waals surface area contributed by atoms with Gasteiger partial charge in [0.1, 0.15) is 12.1 Å². The Morgan fingerprint density at radius 1 is 0.950 bits per heavy atom. The van der Waals surface area contributed by atoms with E-state index in [4.69, 9.17) is 5.11 Å². The fourth-order valence-electron chi connectivity index (χ4n) is 4.73. The van der Waals surface area contributed by atoms with Gasteiger partial charge in [0.15, 0.2) is 0 Å². The summed E-state index contributed by atoms with van der Waals surface area (Å²) < 4.78 is 0. The van der Waals surface area contributed by atoms with Crippen LogP contribution in [0.4, 0.5) is 21.0 Å². The molecule has 0 unspecified atom stereocenters. The Hall–Kier alpha value is -4.41. The highest BCUT2D eigenvalue weighted by Crippen LogP contribution is 2.30. The number of hydrogen-bond donors (Lipinski definition) is 4. The van der Waals surface area contributed by atoms with Crippen molar-refractivity contribution in [3.63, 3.8) is 0 Å². The molecule has 214 valence electrons. The normalized spacial score (nSPS) is 15.2. The van der Waals surface area contributed by atoms with Crippen LogP contribution in [0.15, 0.2) is 30.3 Å². The molecule has 6 amide bonds. The molecule has 0 radical (unpaired) electrons. The molecule has 2 aromatic rings. The van der Waals surface area contributed by atoms with Crippen LogP contribution in [0, 0.1) is 27.7 Å². The first kappa shape index (κ1) is 30.1. The smallest absolute Gasteiger partial charge is 0.328 e. The first-order chi connectivity index (χ1) is 18.6. The molecule has 11 nitrogen and oxygen atoms in total. The van der Waals surface area contributed by atoms with E-state index in [0.29, 0.717) is 5.69 Å². The van der Waals surface area contributed by atoms with Crippen LogP contribution in [0.3, 0.4) is 0 Å². The number of benzene rings is 2. The van der Waals surface area contributed by atoms with Gasteiger partial charge in [-0.25, -0.2) is 9.59 Å². The van der Waals surface area contributed by atoms with Crippen molar-refractivity contribution in [2.75, 3.05) is 17.2 Å². The monoisotopic (exact) mass is 551 g/mol. The average molecular weight is 552 g/mol. The van der Waals surface area contributed by atoms with Gasteiger partial charge in [-0.15, -0.1) is 0 Å². The standard InChI is InChI=1S/C29H37N5O6/c1-16-12-17(2)25(20(5)19(16)4)32-27(39)31-22-10-8-21(9-11-22)14-34-28(40)33(26(38)29(34,6)7)15-23(35)30-18(3)13-24(36)37/h8-12,18H,13-15H2,1-7H3,(H,30,35)(H,36,37)(H2,31,32,39)/t18-/m1/s1. The van der Waals surface area contributed by atoms with Crippen molar-refractivity contribution in [1.29, 1.82) is 0 Å². The van der Waals surface area contributed by atoms with Crippen LogP contribution in [0.2, 0.25) is 0 Å². The highest BCUT2D eigenvalue weighted by Gasteiger charge is 2.51. The lowest BCUT2D eigenvalue weighted by Gasteiger charge is -2.27. The van der Waals surface area contributed by atoms with Gasteiger partial charge in [0.05, 0.1) is 6.42 Å². The van der Waals surface area contributed by atoms with E-state index in [-0.39, 0.29) is 19.0 Å². The molecule has 3 rings (SSSR count). The van der Waals surface area contributed by atoms with Crippen LogP contribution in [0.1, 0.15) is 55.0 Å². The predicted molar refractivity (Wildman–Crippen MR) is 151 cm³/mol. The Morgan fingerprint density at radius 2 is 1.57 bits per heavy atom. The second-order valence-corrected chi connectivity index (χ2v) is 10.8. The Labute approximate surface area is 233 Å². The number of anilines is 2. The van der Waals surface area contributed by atoms with Gasteiger partial charge in [-0.3, -0.25) is 19.3 Å². The highest BCUT2D eigenvalue weighted by atomic mass is 16.4. The van der Waals surface area contributed by atoms with E-state index in [0.717, 1.165) is 38.4 Å². The van der Waals surface area contributed by atoms with E-state index < -0.39 is 41.9 Å². The number of nitrogens with one attached hydrogen (secondary N) is 3. The lowest BCUT2D eigenvalue weighted by atomic mass is 9.98. The topological polar surface area (TPSA) is 148 Å². The zero-order valence-electron chi connectivity index (χ0n) is 24.0. The summed E-state index contributed by atoms with van der Waals surface area (Å²) in [6.07, 6.45) is -0.275. The fourth-order valence-corrected chi connectivity index (χ4v) is 4.73. The summed E-state index contributed by atoms with van der Waals surface area (Å²) in [5.74, 6) is -2.21. The summed E-state index contributed by atoms with van der Waals surface area (Å²) in [6.45, 7) is 12.3. The third kappa shape index (κ3) is 6.59. The third-order valence-electron chi connectivity index (χ3n) is 7.24. The van der Waals surface area contributed by atoms with Crippen molar-refractivity contribution in [3.8, 4) is 0 Å². The molecule has 1 fully saturated rings. The fraction of sp³-hybridized carbons (Fsp3) is 0.414. The molecule has 4 N–H and O–H groups in total. The molecule has 11 heteroatoms. The number of carbonyl (C=O) groups is 5. The van der Waals surface area contributed by atoms with Gasteiger partial charge >= 0.3 is 18.0 Å². The summed E-state index contributed by atoms with van der Waals surface area (Å²) in [4.78, 5) is 64.2. The molecule has 0 saturated carbocycles. The summed E-state index contributed by atoms with van der Waals surface area (Å²) in [6, 6.07) is 7.31. The van der Waals surface area contributed by atoms with Crippen LogP contribution in [-0.2, 0) is 20.9 Å². The molecule has 1 aliphatic heterocycles. The van der Waals surface area contributed by atoms with E-state index in [9.17, 15) is 24.0 Å². The van der Waals surface area contributed by atoms with Gasteiger partial charge in [0, 0.05) is 24.0 Å². The quantitative estimate of drug-likeness (QED) is 0.345. The second-order valence-electron chi connectivity index (χ2n) is 10.8. The van der Waals surface area contributed by atoms with Gasteiger partial charge in [-0.05, 0) is 88.4 Å². The number of amides is 6. The van der Waals surface area contributed by atoms with Crippen molar-refractivity contribution in [3.05, 3.63) is 58.1 Å². The zero-order chi connectivity index (χ0) is 29.9. The number of aryl methyl sites for hydroxylation is 2. The Balaban J connectivity index is 1.64. The van der Waals surface area contributed by atoms with Crippen molar-refractivity contribution < 1.29 is 29.1 Å². The number of hydrogen-bond acceptors (Lipinski definition) is 5. The molecule has 0 aliphatic carbocycles. The molecule has 2 aromatic carbocycles. The third-order valence-corrected chi connectivity index (χ3v) is 7.24. The number of imide groups is 1. The number of aliphatic carboxylic acids is 1. The zero-order valence-corrected chi connectivity index (χ0v) is 24.0. The van der Waals surface area contributed by atoms with Gasteiger partial charge < -0.3 is 26.0 Å². The minimum Gasteiger partial charge on any atom is -0.481 e. The van der Waals surface area contributed by atoms with E-state index in [1.807, 2.05) is 33.8 Å². The lowest BCUT2D eigenvalue weighted by Crippen LogP contribution is -2.45. The Bertz CT molecular complexity index is 1350. The summed E-state index contributed by atoms with van der Waals surface area (Å²) in [7, 11) is 0. The molecule has 1 saturated heterocycles. The Kier molecular flexibility index (Phi) is 8.87. The second kappa shape index (κ2) is 11.8. The average Bonchev–Trinajstić information content (AvgIpc) is 3.00. The highest BCUT2D eigenvalue weighted by molar-refractivity contribution is 6.08. The molecule has 0 aromatic heterocycles. The summed E-state index contributed by atoms with van der Waals surface area (Å²) >= 11 is 0. The minimum absolute atomic E-state index is 0.110. The molecule has 0 spiro atoms. The van der Waals surface area contributed by atoms with E-state index >= 15 is 0 Å². The van der Waals surface area contributed by atoms with Crippen LogP contribution in [0.5, 0.6) is 0 Å². The van der Waals surface area contributed by atoms with Crippen molar-refractivity contribution in [1.82, 2.24) is 15.1 Å². The van der Waals surface area contributed by atoms with Crippen LogP contribution >= 0.6 is 0 Å². The number of nitrogens with zero attached hydrogens (tertiary/aromatic N) is 2. The molecule has 40 heavy (non-hydrogen) atoms. The van der Waals surface area contributed by atoms with Crippen LogP contribution in [0.25, 0.3) is 0 Å². The van der Waals surface area contributed by atoms with E-state index in [2.05, 4.69) is 16.0 Å². The number of carbonyl (C=O) groups excluding carboxylic acids is 4. The van der Waals surface area contributed by atoms with Crippen molar-refractivity contribution in [2.24, 2.45) is 0 Å². The molecule has 1 aliphatic rings. The number of urea groups is 2. The number of rotatable bonds is 9. The van der Waals surface area contributed by atoms with Crippen LogP contribution in [-0.4, -0.2) is 62.9 Å². The maximum Gasteiger partial charge on any atom is 0.328 e. The first-order valence-corrected chi connectivity index (χ1v) is 13.0. The number of carboxylic acids is 1. The van der Waals surface area contributed by atoms with Crippen LogP contribution < -0.4 is 16.0 Å². The maximum atomic E-state index is 13.1. The molecular weight excluding hydrogens is 514 g/mol. The molecular formula is C29H37N5O6. The van der Waals surface area contributed by atoms with Gasteiger partial charge in [0.25, 0.3) is 5.91 Å². The van der Waals surface area contributed by atoms with Gasteiger partial charge in [0.2, 0.25) is 5.91 Å². The summed E-state index contributed by atoms with van der Waals surface area (Å²) in [5.41, 5.74) is 5.12. The van der Waals surface area contributed by atoms with Gasteiger partial charge in [-0.2, -0.15) is 0 Å². The number of carboxylic acid groups (broad SMARTS) is 1. The SMILES string of the molecule is Cc1cc(C)c(NC(=O)Nc2ccc(CN3C(=O)N(CC(=O)N[C@H](C)CC(=O)O)C(=O)C3(C)C)cc2)c(C)c1C. The van der Waals surface area contributed by atoms with E-state index in [1.54, 1.807) is 38.1 Å². The summed E-state index contributed by atoms with van der Waals surface area (Å²) in [5, 5.41) is 17.1. The van der Waals surface area contributed by atoms with Crippen molar-refractivity contribution >= 4 is 41.2 Å². The lowest BCUT2D eigenvalue weighted by molar-refractivity contribution is -0.138. The largest absolute Gasteiger partial charge is 0.481 e. The minimum atomic E-state index is -1.19. The molecule has 0 bridgehead atoms. The first-order valence-electron chi connectivity index (χ1n) is 13.0. The predicted octanol–water partition coefficient (Wildman–Crippen LogP) is 4.09. The molecule has 1 heterocycles. The van der Waals surface area contributed by atoms with E-state index in [1.165, 1.54) is 11.8 Å². The van der Waals surface area contributed by atoms with Gasteiger partial charge in [-0.1, -0.05) is 18.2 Å². The Morgan fingerprint density at radius 3 is 2.17 bits per heavy atom. The molecule has 1 atom stereocenters. The van der Waals surface area contributed by atoms with Crippen molar-refractivity contribution in [2.45, 2.75) is 73.0 Å².